The fourth-order valence-corrected chi connectivity index (χ4v) is 10.1. The lowest BCUT2D eigenvalue weighted by molar-refractivity contribution is -0.280. The molecule has 3 aromatic rings. The molecule has 4 heterocycles. The molecule has 10 N–H and O–H groups in total. The summed E-state index contributed by atoms with van der Waals surface area (Å²) in [5.41, 5.74) is 15.5. The zero-order chi connectivity index (χ0) is 64.8. The molecule has 3 aliphatic rings. The van der Waals surface area contributed by atoms with E-state index in [1.54, 1.807) is 23.4 Å². The van der Waals surface area contributed by atoms with Gasteiger partial charge in [-0.3, -0.25) is 14.4 Å². The first-order valence-electron chi connectivity index (χ1n) is 30.5. The number of nitrogens with two attached hydrogens (primary N) is 2. The maximum absolute atomic E-state index is 14.0. The molecule has 0 bridgehead atoms. The number of guanidine groups is 1. The number of benzene rings is 2. The Hall–Kier alpha value is -6.58. The first-order valence-corrected chi connectivity index (χ1v) is 30.5. The van der Waals surface area contributed by atoms with E-state index in [4.69, 9.17) is 63.6 Å². The number of anilines is 1. The number of carbonyl (C=O) groups excluding carboxylic acids is 4. The number of aliphatic hydroxyl groups excluding tert-OH is 4. The molecule has 3 aliphatic heterocycles. The van der Waals surface area contributed by atoms with Crippen LogP contribution in [0.4, 0.5) is 10.5 Å². The number of aromatic nitrogens is 3. The number of fused-ring (bicyclic) bond motifs is 5. The lowest BCUT2D eigenvalue weighted by Crippen LogP contribution is -2.53. The molecule has 1 saturated heterocycles. The quantitative estimate of drug-likeness (QED) is 0.0227. The minimum Gasteiger partial charge on any atom is -0.479 e. The molecule has 29 nitrogen and oxygen atoms in total. The van der Waals surface area contributed by atoms with E-state index in [9.17, 15) is 49.5 Å². The third kappa shape index (κ3) is 23.0. The van der Waals surface area contributed by atoms with Crippen LogP contribution in [-0.2, 0) is 84.4 Å². The maximum atomic E-state index is 14.0. The van der Waals surface area contributed by atoms with Gasteiger partial charge < -0.3 is 99.3 Å². The number of aliphatic carboxylic acids is 1. The van der Waals surface area contributed by atoms with Gasteiger partial charge in [0.15, 0.2) is 18.4 Å². The second-order valence-corrected chi connectivity index (χ2v) is 21.8. The molecule has 0 aliphatic carbocycles. The zero-order valence-corrected chi connectivity index (χ0v) is 51.5. The van der Waals surface area contributed by atoms with E-state index in [0.717, 1.165) is 22.4 Å². The van der Waals surface area contributed by atoms with Crippen LogP contribution in [0.15, 0.2) is 65.4 Å². The lowest BCUT2D eigenvalue weighted by Gasteiger charge is -2.39. The normalized spacial score (nSPS) is 21.1. The molecule has 5 unspecified atom stereocenters. The van der Waals surface area contributed by atoms with Gasteiger partial charge in [0.25, 0.3) is 0 Å². The maximum Gasteiger partial charge on any atom is 0.407 e. The van der Waals surface area contributed by atoms with Gasteiger partial charge in [-0.05, 0) is 37.5 Å². The van der Waals surface area contributed by atoms with Crippen molar-refractivity contribution in [2.24, 2.45) is 28.3 Å². The van der Waals surface area contributed by atoms with Crippen LogP contribution in [0.5, 0.6) is 0 Å². The summed E-state index contributed by atoms with van der Waals surface area (Å²) < 4.78 is 63.3. The number of hydrogen-bond acceptors (Lipinski definition) is 23. The minimum absolute atomic E-state index is 0.00986. The van der Waals surface area contributed by atoms with Crippen molar-refractivity contribution in [2.75, 3.05) is 117 Å². The smallest absolute Gasteiger partial charge is 0.407 e. The fourth-order valence-electron chi connectivity index (χ4n) is 10.1. The number of amides is 2. The number of carbonyl (C=O) groups is 5. The Morgan fingerprint density at radius 2 is 1.30 bits per heavy atom. The number of hydrogen-bond donors (Lipinski definition) is 8. The Morgan fingerprint density at radius 3 is 1.96 bits per heavy atom. The van der Waals surface area contributed by atoms with Crippen molar-refractivity contribution in [3.63, 3.8) is 0 Å². The SMILES string of the molecule is CC1OC(OCCCC(=O)CCOCCOCCOCCOCCCC(=O)CCC(=O)N2Cc3ccccc3-c3c(nnn3CCOCCOCCOCCNC(=O)O[C@@H]([C@@H]3OC(C(=O)O)=C[C@H](N=C(N)N)[C@H]3C)[C@H](O)CO)-c3ccccc32)C(O)C(O)C1C. The molecule has 6 rings (SSSR count). The number of aliphatic hydroxyl groups is 4. The Labute approximate surface area is 523 Å². The summed E-state index contributed by atoms with van der Waals surface area (Å²) in [6.45, 7) is 9.41. The predicted molar refractivity (Wildman–Crippen MR) is 322 cm³/mol. The third-order valence-corrected chi connectivity index (χ3v) is 15.2. The predicted octanol–water partition coefficient (Wildman–Crippen LogP) is 1.66. The van der Waals surface area contributed by atoms with Crippen molar-refractivity contribution in [1.82, 2.24) is 20.3 Å². The molecule has 2 amide bonds. The Balaban J connectivity index is 0.799. The second-order valence-electron chi connectivity index (χ2n) is 21.8. The van der Waals surface area contributed by atoms with Crippen LogP contribution in [0.2, 0.25) is 0 Å². The molecule has 1 fully saturated rings. The topological polar surface area (TPSA) is 398 Å². The molecule has 29 heteroatoms. The number of carboxylic acid groups (broad SMARTS) is 1. The van der Waals surface area contributed by atoms with Crippen LogP contribution in [0.25, 0.3) is 22.5 Å². The lowest BCUT2D eigenvalue weighted by atomic mass is 9.87. The molecule has 0 radical (unpaired) electrons. The number of carboxylic acids is 1. The van der Waals surface area contributed by atoms with Crippen LogP contribution in [-0.4, -0.2) is 237 Å². The summed E-state index contributed by atoms with van der Waals surface area (Å²) >= 11 is 0. The van der Waals surface area contributed by atoms with Gasteiger partial charge in [0, 0.05) is 68.2 Å². The van der Waals surface area contributed by atoms with E-state index in [-0.39, 0.29) is 120 Å². The number of Topliss-reactive ketones (excluding diaryl/α,β-unsaturated/α-hetero) is 2. The van der Waals surface area contributed by atoms with Crippen LogP contribution in [0.3, 0.4) is 0 Å². The Bertz CT molecular complexity index is 2770. The van der Waals surface area contributed by atoms with Gasteiger partial charge in [-0.15, -0.1) is 5.10 Å². The number of alkyl carbamates (subject to hydrolysis) is 1. The summed E-state index contributed by atoms with van der Waals surface area (Å²) in [7, 11) is 0. The second kappa shape index (κ2) is 39.0. The summed E-state index contributed by atoms with van der Waals surface area (Å²) in [4.78, 5) is 69.4. The van der Waals surface area contributed by atoms with Crippen molar-refractivity contribution in [3.05, 3.63) is 65.9 Å². The number of nitrogens with one attached hydrogen (secondary N) is 1. The number of ether oxygens (including phenoxy) is 11. The summed E-state index contributed by atoms with van der Waals surface area (Å²) in [6.07, 6.45) is -5.43. The van der Waals surface area contributed by atoms with E-state index >= 15 is 0 Å². The first kappa shape index (κ1) is 72.5. The average molecular weight is 1270 g/mol. The molecule has 10 atom stereocenters. The van der Waals surface area contributed by atoms with Crippen LogP contribution in [0, 0.1) is 11.8 Å². The highest BCUT2D eigenvalue weighted by Gasteiger charge is 2.44. The monoisotopic (exact) mass is 1270 g/mol. The minimum atomic E-state index is -1.63. The molecule has 500 valence electrons. The van der Waals surface area contributed by atoms with E-state index in [0.29, 0.717) is 90.0 Å². The van der Waals surface area contributed by atoms with Crippen molar-refractivity contribution >= 4 is 41.2 Å². The van der Waals surface area contributed by atoms with Crippen molar-refractivity contribution in [2.45, 2.75) is 128 Å². The highest BCUT2D eigenvalue weighted by Crippen LogP contribution is 2.41. The van der Waals surface area contributed by atoms with Gasteiger partial charge in [-0.2, -0.15) is 0 Å². The largest absolute Gasteiger partial charge is 0.479 e. The van der Waals surface area contributed by atoms with Gasteiger partial charge in [0.1, 0.15) is 35.6 Å². The molecule has 0 saturated carbocycles. The number of ketones is 2. The Kier molecular flexibility index (Phi) is 31.4. The molecule has 2 aromatic carbocycles. The van der Waals surface area contributed by atoms with Crippen LogP contribution >= 0.6 is 0 Å². The van der Waals surface area contributed by atoms with Gasteiger partial charge in [-0.1, -0.05) is 61.5 Å². The number of nitrogens with zero attached hydrogens (tertiary/aromatic N) is 5. The van der Waals surface area contributed by atoms with E-state index in [2.05, 4.69) is 20.6 Å². The molecule has 1 aromatic heterocycles. The fraction of sp³-hybridized carbons (Fsp3) is 0.639. The first-order chi connectivity index (χ1) is 43.5. The summed E-state index contributed by atoms with van der Waals surface area (Å²) in [6, 6.07) is 14.4. The number of rotatable bonds is 42. The third-order valence-electron chi connectivity index (χ3n) is 15.2. The van der Waals surface area contributed by atoms with Crippen molar-refractivity contribution in [1.29, 1.82) is 0 Å². The number of aliphatic imine (C=N–C) groups is 1. The van der Waals surface area contributed by atoms with E-state index in [1.807, 2.05) is 55.5 Å². The highest BCUT2D eigenvalue weighted by molar-refractivity contribution is 6.01. The van der Waals surface area contributed by atoms with E-state index in [1.165, 1.54) is 6.08 Å². The zero-order valence-electron chi connectivity index (χ0n) is 51.5. The number of para-hydroxylation sites is 1. The average Bonchev–Trinajstić information content (AvgIpc) is 1.48. The van der Waals surface area contributed by atoms with Gasteiger partial charge in [-0.25, -0.2) is 19.3 Å². The Morgan fingerprint density at radius 1 is 0.711 bits per heavy atom. The molecule has 90 heavy (non-hydrogen) atoms. The standard InChI is InChI=1S/C61H90N8O21/c1-39-41(3)88-59(55(76)54(39)75)87-22-9-12-44(72)18-23-81-27-31-85-35-34-84-30-26-80-21-8-11-43(71)16-17-51(74)68-37-42-10-4-5-13-45(42)53-52(46-14-6-7-15-48(46)68)66-67-69(53)20-25-83-29-33-86-32-28-82-24-19-64-61(79)90-57(49(73)38-70)56-40(2)47(65-60(62)63)36-50(89-56)58(77)78/h4-7,10,13-15,36,39-41,47,49,54-57,59,70,73,75-76H,8-9,11-12,16-35,37-38H2,1-3H3,(H,64,79)(H,77,78)(H4,62,63,65)/t39?,40-,41?,47+,49-,54?,55?,56-,57-,59?/m1/s1. The molecular formula is C61H90N8O21. The van der Waals surface area contributed by atoms with Crippen molar-refractivity contribution < 1.29 is 102 Å². The van der Waals surface area contributed by atoms with Gasteiger partial charge in [0.05, 0.1) is 142 Å². The van der Waals surface area contributed by atoms with E-state index < -0.39 is 73.2 Å². The van der Waals surface area contributed by atoms with Crippen molar-refractivity contribution in [3.8, 4) is 22.5 Å². The van der Waals surface area contributed by atoms with Crippen LogP contribution < -0.4 is 21.7 Å². The molecule has 0 spiro atoms. The summed E-state index contributed by atoms with van der Waals surface area (Å²) in [5.74, 6) is -3.34. The highest BCUT2D eigenvalue weighted by atomic mass is 16.7. The summed E-state index contributed by atoms with van der Waals surface area (Å²) in [5, 5.41) is 61.7. The van der Waals surface area contributed by atoms with Gasteiger partial charge in [0.2, 0.25) is 11.7 Å². The molecular weight excluding hydrogens is 1180 g/mol. The van der Waals surface area contributed by atoms with Gasteiger partial charge >= 0.3 is 12.1 Å². The van der Waals surface area contributed by atoms with Crippen LogP contribution in [0.1, 0.15) is 71.3 Å².